The van der Waals surface area contributed by atoms with Gasteiger partial charge >= 0.3 is 6.09 Å². The molecule has 0 aromatic heterocycles. The van der Waals surface area contributed by atoms with Gasteiger partial charge in [-0.2, -0.15) is 0 Å². The largest absolute Gasteiger partial charge is 0.445 e. The Morgan fingerprint density at radius 3 is 2.48 bits per heavy atom. The minimum atomic E-state index is -0.733. The van der Waals surface area contributed by atoms with Gasteiger partial charge < -0.3 is 20.5 Å². The van der Waals surface area contributed by atoms with Crippen LogP contribution < -0.4 is 10.6 Å². The first-order valence-electron chi connectivity index (χ1n) is 11.4. The van der Waals surface area contributed by atoms with Crippen molar-refractivity contribution in [2.45, 2.75) is 64.3 Å². The van der Waals surface area contributed by atoms with Gasteiger partial charge in [0.05, 0.1) is 18.2 Å². The van der Waals surface area contributed by atoms with Gasteiger partial charge in [-0.25, -0.2) is 4.79 Å². The van der Waals surface area contributed by atoms with Gasteiger partial charge in [0.15, 0.2) is 5.78 Å². The molecule has 1 unspecified atom stereocenters. The monoisotopic (exact) mass is 452 g/mol. The number of hydrogen-bond acceptors (Lipinski definition) is 5. The third-order valence-corrected chi connectivity index (χ3v) is 6.16. The first-order chi connectivity index (χ1) is 15.9. The average Bonchev–Trinajstić information content (AvgIpc) is 3.14. The lowest BCUT2D eigenvalue weighted by atomic mass is 9.93. The van der Waals surface area contributed by atoms with E-state index in [1.54, 1.807) is 0 Å². The normalized spacial score (nSPS) is 18.6. The molecule has 0 radical (unpaired) electrons. The highest BCUT2D eigenvalue weighted by Crippen LogP contribution is 2.31. The number of ether oxygens (including phenoxy) is 1. The summed E-state index contributed by atoms with van der Waals surface area (Å²) in [5.74, 6) is -0.629. The number of ketones is 1. The number of nitrogens with one attached hydrogen (secondary N) is 2. The molecule has 3 rings (SSSR count). The van der Waals surface area contributed by atoms with E-state index in [4.69, 9.17) is 4.74 Å². The fourth-order valence-electron chi connectivity index (χ4n) is 4.05. The summed E-state index contributed by atoms with van der Waals surface area (Å²) in [6.07, 6.45) is -0.191. The van der Waals surface area contributed by atoms with Crippen LogP contribution in [0.25, 0.3) is 0 Å². The second-order valence-electron chi connectivity index (χ2n) is 8.55. The Bertz CT molecular complexity index is 962. The van der Waals surface area contributed by atoms with Gasteiger partial charge in [-0.3, -0.25) is 9.59 Å². The van der Waals surface area contributed by atoms with Crippen molar-refractivity contribution in [3.8, 4) is 0 Å². The number of carbonyl (C=O) groups excluding carboxylic acids is 3. The maximum atomic E-state index is 12.9. The van der Waals surface area contributed by atoms with Crippen LogP contribution in [0.4, 0.5) is 4.79 Å². The third kappa shape index (κ3) is 6.65. The number of amides is 2. The smallest absolute Gasteiger partial charge is 0.408 e. The fourth-order valence-corrected chi connectivity index (χ4v) is 4.05. The fraction of sp³-hybridized carbons (Fsp3) is 0.423. The number of rotatable bonds is 10. The molecule has 0 saturated heterocycles. The van der Waals surface area contributed by atoms with Crippen LogP contribution in [0.1, 0.15) is 55.8 Å². The molecule has 2 amide bonds. The Kier molecular flexibility index (Phi) is 8.60. The number of aliphatic hydroxyl groups is 1. The van der Waals surface area contributed by atoms with Crippen molar-refractivity contribution in [1.82, 2.24) is 10.6 Å². The Morgan fingerprint density at radius 2 is 1.76 bits per heavy atom. The third-order valence-electron chi connectivity index (χ3n) is 6.16. The first-order valence-corrected chi connectivity index (χ1v) is 11.4. The molecule has 7 nitrogen and oxygen atoms in total. The lowest BCUT2D eigenvalue weighted by Crippen LogP contribution is -2.45. The van der Waals surface area contributed by atoms with Crippen molar-refractivity contribution in [2.75, 3.05) is 0 Å². The van der Waals surface area contributed by atoms with Gasteiger partial charge in [0.2, 0.25) is 5.91 Å². The van der Waals surface area contributed by atoms with Crippen molar-refractivity contribution >= 4 is 17.8 Å². The van der Waals surface area contributed by atoms with Crippen LogP contribution in [0.2, 0.25) is 0 Å². The van der Waals surface area contributed by atoms with E-state index in [2.05, 4.69) is 10.6 Å². The Morgan fingerprint density at radius 1 is 1.06 bits per heavy atom. The van der Waals surface area contributed by atoms with Gasteiger partial charge in [0, 0.05) is 19.3 Å². The van der Waals surface area contributed by atoms with Crippen molar-refractivity contribution in [3.63, 3.8) is 0 Å². The van der Waals surface area contributed by atoms with Crippen LogP contribution in [-0.2, 0) is 27.4 Å². The first kappa shape index (κ1) is 24.5. The second kappa shape index (κ2) is 11.6. The molecule has 1 aliphatic carbocycles. The molecule has 33 heavy (non-hydrogen) atoms. The van der Waals surface area contributed by atoms with Crippen molar-refractivity contribution in [1.29, 1.82) is 0 Å². The Balaban J connectivity index is 1.51. The van der Waals surface area contributed by atoms with E-state index in [0.29, 0.717) is 12.8 Å². The van der Waals surface area contributed by atoms with E-state index in [1.165, 1.54) is 0 Å². The number of aliphatic hydroxyl groups excluding tert-OH is 1. The average molecular weight is 453 g/mol. The zero-order valence-electron chi connectivity index (χ0n) is 19.1. The summed E-state index contributed by atoms with van der Waals surface area (Å²) in [5, 5.41) is 15.8. The number of fused-ring (bicyclic) bond motifs is 1. The Hall–Kier alpha value is -3.19. The number of benzene rings is 2. The van der Waals surface area contributed by atoms with Crippen molar-refractivity contribution in [2.24, 2.45) is 5.92 Å². The van der Waals surface area contributed by atoms with E-state index in [-0.39, 0.29) is 37.1 Å². The maximum Gasteiger partial charge on any atom is 0.408 e. The molecule has 0 fully saturated rings. The van der Waals surface area contributed by atoms with Gasteiger partial charge in [0.1, 0.15) is 6.61 Å². The van der Waals surface area contributed by atoms with Gasteiger partial charge in [-0.05, 0) is 22.6 Å². The topological polar surface area (TPSA) is 105 Å². The van der Waals surface area contributed by atoms with Crippen LogP contribution in [0.5, 0.6) is 0 Å². The highest BCUT2D eigenvalue weighted by Gasteiger charge is 2.32. The van der Waals surface area contributed by atoms with Crippen LogP contribution in [0, 0.1) is 5.92 Å². The van der Waals surface area contributed by atoms with Gasteiger partial charge in [-0.1, -0.05) is 74.9 Å². The molecule has 2 aromatic carbocycles. The quantitative estimate of drug-likeness (QED) is 0.512. The molecule has 0 aliphatic heterocycles. The highest BCUT2D eigenvalue weighted by atomic mass is 16.5. The second-order valence-corrected chi connectivity index (χ2v) is 8.55. The summed E-state index contributed by atoms with van der Waals surface area (Å²) in [4.78, 5) is 37.7. The molecule has 0 saturated carbocycles. The summed E-state index contributed by atoms with van der Waals surface area (Å²) in [6, 6.07) is 15.7. The molecule has 0 heterocycles. The molecular weight excluding hydrogens is 420 g/mol. The summed E-state index contributed by atoms with van der Waals surface area (Å²) < 4.78 is 5.25. The predicted molar refractivity (Wildman–Crippen MR) is 124 cm³/mol. The molecule has 1 aliphatic rings. The highest BCUT2D eigenvalue weighted by molar-refractivity contribution is 5.90. The maximum absolute atomic E-state index is 12.9. The molecule has 2 aromatic rings. The van der Waals surface area contributed by atoms with E-state index >= 15 is 0 Å². The van der Waals surface area contributed by atoms with Crippen molar-refractivity contribution < 1.29 is 24.2 Å². The van der Waals surface area contributed by atoms with Crippen LogP contribution in [-0.4, -0.2) is 35.0 Å². The Labute approximate surface area is 194 Å². The van der Waals surface area contributed by atoms with E-state index in [0.717, 1.165) is 16.7 Å². The standard InChI is InChI=1S/C26H32N2O5/c1-3-17(2)24(28-26(32)33-16-18-9-5-4-6-10-18)21(29)13-14-23(31)27-25-20-12-8-7-11-19(20)15-22(25)30/h4-12,17,22,24-25,30H,3,13-16H2,1-2H3,(H,27,31)(H,28,32)/t17?,22-,24+,25+/m1/s1. The van der Waals surface area contributed by atoms with E-state index < -0.39 is 24.3 Å². The SMILES string of the molecule is CCC(C)[C@H](NC(=O)OCc1ccccc1)C(=O)CCC(=O)N[C@H]1c2ccccc2C[C@H]1O. The lowest BCUT2D eigenvalue weighted by molar-refractivity contribution is -0.127. The molecular formula is C26H32N2O5. The lowest BCUT2D eigenvalue weighted by Gasteiger charge is -2.23. The summed E-state index contributed by atoms with van der Waals surface area (Å²) >= 11 is 0. The van der Waals surface area contributed by atoms with E-state index in [9.17, 15) is 19.5 Å². The molecule has 3 N–H and O–H groups in total. The summed E-state index contributed by atoms with van der Waals surface area (Å²) in [5.41, 5.74) is 2.78. The van der Waals surface area contributed by atoms with E-state index in [1.807, 2.05) is 68.4 Å². The van der Waals surface area contributed by atoms with Crippen molar-refractivity contribution in [3.05, 3.63) is 71.3 Å². The molecule has 7 heteroatoms. The van der Waals surface area contributed by atoms with Crippen LogP contribution >= 0.6 is 0 Å². The molecule has 176 valence electrons. The summed E-state index contributed by atoms with van der Waals surface area (Å²) in [6.45, 7) is 3.93. The molecule has 4 atom stereocenters. The minimum absolute atomic E-state index is 0.00966. The van der Waals surface area contributed by atoms with Crippen LogP contribution in [0.3, 0.4) is 0 Å². The van der Waals surface area contributed by atoms with Gasteiger partial charge in [0.25, 0.3) is 0 Å². The number of carbonyl (C=O) groups is 3. The number of hydrogen-bond donors (Lipinski definition) is 3. The molecule has 0 bridgehead atoms. The van der Waals surface area contributed by atoms with Crippen LogP contribution in [0.15, 0.2) is 54.6 Å². The molecule has 0 spiro atoms. The van der Waals surface area contributed by atoms with Gasteiger partial charge in [-0.15, -0.1) is 0 Å². The summed E-state index contributed by atoms with van der Waals surface area (Å²) in [7, 11) is 0. The predicted octanol–water partition coefficient (Wildman–Crippen LogP) is 3.45. The number of alkyl carbamates (subject to hydrolysis) is 1. The number of Topliss-reactive ketones (excluding diaryl/α,β-unsaturated/α-hetero) is 1. The minimum Gasteiger partial charge on any atom is -0.445 e. The zero-order valence-corrected chi connectivity index (χ0v) is 19.1. The zero-order chi connectivity index (χ0) is 23.8.